The van der Waals surface area contributed by atoms with Gasteiger partial charge in [0.05, 0.1) is 21.8 Å². The first kappa shape index (κ1) is 20.3. The van der Waals surface area contributed by atoms with Gasteiger partial charge in [-0.05, 0) is 53.7 Å². The number of aliphatic hydroxyl groups is 2. The van der Waals surface area contributed by atoms with Crippen LogP contribution in [0, 0.1) is 5.82 Å². The van der Waals surface area contributed by atoms with Crippen LogP contribution >= 0.6 is 11.8 Å². The summed E-state index contributed by atoms with van der Waals surface area (Å²) in [6.07, 6.45) is 0. The molecule has 0 amide bonds. The van der Waals surface area contributed by atoms with Crippen LogP contribution in [0.1, 0.15) is 41.5 Å². The molecular weight excluding hydrogens is 312 g/mol. The first-order chi connectivity index (χ1) is 10.3. The van der Waals surface area contributed by atoms with E-state index < -0.39 is 11.2 Å². The second-order valence-electron chi connectivity index (χ2n) is 7.10. The second-order valence-corrected chi connectivity index (χ2v) is 8.21. The Kier molecular flexibility index (Phi) is 6.59. The monoisotopic (exact) mass is 339 g/mol. The van der Waals surface area contributed by atoms with Crippen molar-refractivity contribution in [1.29, 1.82) is 0 Å². The molecule has 1 aliphatic rings. The minimum atomic E-state index is -1.01. The number of hydrogen-bond donors (Lipinski definition) is 2. The highest BCUT2D eigenvalue weighted by Crippen LogP contribution is 2.36. The molecule has 1 heterocycles. The van der Waals surface area contributed by atoms with E-state index in [1.807, 2.05) is 6.07 Å². The number of anilines is 1. The van der Waals surface area contributed by atoms with E-state index in [1.165, 1.54) is 6.07 Å². The average molecular weight is 339 g/mol. The van der Waals surface area contributed by atoms with Gasteiger partial charge in [0.25, 0.3) is 0 Å². The quantitative estimate of drug-likeness (QED) is 0.813. The molecule has 2 radical (unpaired) electrons. The van der Waals surface area contributed by atoms with Crippen molar-refractivity contribution < 1.29 is 14.6 Å². The van der Waals surface area contributed by atoms with Gasteiger partial charge in [-0.25, -0.2) is 4.39 Å². The number of hydrogen-bond acceptors (Lipinski definition) is 4. The van der Waals surface area contributed by atoms with Gasteiger partial charge >= 0.3 is 0 Å². The Morgan fingerprint density at radius 1 is 1.17 bits per heavy atom. The van der Waals surface area contributed by atoms with Crippen molar-refractivity contribution in [3.05, 3.63) is 17.9 Å². The summed E-state index contributed by atoms with van der Waals surface area (Å²) < 4.78 is 13.6. The topological polar surface area (TPSA) is 43.7 Å². The molecule has 0 atom stereocenters. The number of thioether (sulfide) groups is 1. The molecule has 1 aliphatic heterocycles. The maximum atomic E-state index is 13.6. The Hall–Kier alpha value is -0.715. The fourth-order valence-electron chi connectivity index (χ4n) is 1.86. The Balaban J connectivity index is 0.000000284. The molecule has 1 aromatic rings. The molecule has 128 valence electrons. The summed E-state index contributed by atoms with van der Waals surface area (Å²) in [7, 11) is 5.67. The van der Waals surface area contributed by atoms with Crippen molar-refractivity contribution in [1.82, 2.24) is 0 Å². The molecule has 0 unspecified atom stereocenters. The zero-order chi connectivity index (χ0) is 18.0. The molecule has 0 fully saturated rings. The molecule has 3 nitrogen and oxygen atoms in total. The lowest BCUT2D eigenvalue weighted by Crippen LogP contribution is -2.44. The summed E-state index contributed by atoms with van der Waals surface area (Å²) in [5.41, 5.74) is -0.571. The van der Waals surface area contributed by atoms with Gasteiger partial charge < -0.3 is 15.1 Å². The zero-order valence-corrected chi connectivity index (χ0v) is 15.7. The summed E-state index contributed by atoms with van der Waals surface area (Å²) in [5.74, 6) is 0.742. The van der Waals surface area contributed by atoms with Gasteiger partial charge in [0.1, 0.15) is 13.7 Å². The standard InChI is InChI=1S/C11H13BFNS.C6H14O2/c1-7(2)14-3-4-15-11-9(13)5-8(12)6-10(11)14;1-5(2,7)6(3,4)8/h5-7H,3-4H2,1-2H3;7-8H,1-4H3. The first-order valence-corrected chi connectivity index (χ1v) is 8.76. The molecule has 2 rings (SSSR count). The predicted octanol–water partition coefficient (Wildman–Crippen LogP) is 2.47. The van der Waals surface area contributed by atoms with Crippen LogP contribution in [0.2, 0.25) is 0 Å². The largest absolute Gasteiger partial charge is 0.387 e. The van der Waals surface area contributed by atoms with E-state index in [-0.39, 0.29) is 5.82 Å². The normalized spacial score (nSPS) is 15.1. The van der Waals surface area contributed by atoms with Crippen LogP contribution in [-0.2, 0) is 0 Å². The summed E-state index contributed by atoms with van der Waals surface area (Å²) >= 11 is 1.57. The van der Waals surface area contributed by atoms with Crippen molar-refractivity contribution in [2.75, 3.05) is 17.2 Å². The molecule has 0 saturated carbocycles. The zero-order valence-electron chi connectivity index (χ0n) is 14.9. The molecule has 0 aliphatic carbocycles. The number of benzene rings is 1. The number of nitrogens with zero attached hydrogens (tertiary/aromatic N) is 1. The van der Waals surface area contributed by atoms with E-state index >= 15 is 0 Å². The predicted molar refractivity (Wildman–Crippen MR) is 97.6 cm³/mol. The summed E-state index contributed by atoms with van der Waals surface area (Å²) in [5, 5.41) is 18.2. The smallest absolute Gasteiger partial charge is 0.138 e. The van der Waals surface area contributed by atoms with E-state index in [4.69, 9.17) is 18.1 Å². The van der Waals surface area contributed by atoms with E-state index in [0.717, 1.165) is 22.9 Å². The van der Waals surface area contributed by atoms with Crippen LogP contribution in [0.5, 0.6) is 0 Å². The molecule has 0 saturated heterocycles. The van der Waals surface area contributed by atoms with Crippen molar-refractivity contribution in [3.8, 4) is 0 Å². The van der Waals surface area contributed by atoms with Gasteiger partial charge in [0, 0.05) is 18.3 Å². The second kappa shape index (κ2) is 7.45. The van der Waals surface area contributed by atoms with Crippen LogP contribution in [0.4, 0.5) is 10.1 Å². The third kappa shape index (κ3) is 5.40. The summed E-state index contributed by atoms with van der Waals surface area (Å²) in [6.45, 7) is 11.5. The van der Waals surface area contributed by atoms with Gasteiger partial charge in [-0.2, -0.15) is 0 Å². The molecule has 6 heteroatoms. The van der Waals surface area contributed by atoms with Crippen molar-refractivity contribution in [2.24, 2.45) is 0 Å². The van der Waals surface area contributed by atoms with Crippen molar-refractivity contribution >= 4 is 30.8 Å². The van der Waals surface area contributed by atoms with Gasteiger partial charge in [-0.3, -0.25) is 0 Å². The molecule has 0 aromatic heterocycles. The minimum Gasteiger partial charge on any atom is -0.387 e. The summed E-state index contributed by atoms with van der Waals surface area (Å²) in [4.78, 5) is 2.94. The lowest BCUT2D eigenvalue weighted by atomic mass is 9.90. The SMILES string of the molecule is CC(C)(O)C(C)(C)O.[B]c1cc(F)c2c(c1)N(C(C)C)CCS2. The molecular formula is C17H27BFNO2S. The third-order valence-corrected chi connectivity index (χ3v) is 5.13. The molecule has 0 bridgehead atoms. The number of rotatable bonds is 2. The van der Waals surface area contributed by atoms with Crippen LogP contribution in [-0.4, -0.2) is 47.6 Å². The number of halogens is 1. The maximum absolute atomic E-state index is 13.6. The Morgan fingerprint density at radius 3 is 2.13 bits per heavy atom. The van der Waals surface area contributed by atoms with Crippen molar-refractivity contribution in [2.45, 2.75) is 63.7 Å². The van der Waals surface area contributed by atoms with Crippen LogP contribution in [0.25, 0.3) is 0 Å². The fourth-order valence-corrected chi connectivity index (χ4v) is 2.87. The van der Waals surface area contributed by atoms with E-state index in [1.54, 1.807) is 39.5 Å². The average Bonchev–Trinajstić information content (AvgIpc) is 2.36. The lowest BCUT2D eigenvalue weighted by molar-refractivity contribution is -0.107. The van der Waals surface area contributed by atoms with Gasteiger partial charge in [0.2, 0.25) is 0 Å². The number of fused-ring (bicyclic) bond motifs is 1. The first-order valence-electron chi connectivity index (χ1n) is 7.78. The molecule has 1 aromatic carbocycles. The molecule has 23 heavy (non-hydrogen) atoms. The highest BCUT2D eigenvalue weighted by atomic mass is 32.2. The van der Waals surface area contributed by atoms with E-state index in [9.17, 15) is 4.39 Å². The fraction of sp³-hybridized carbons (Fsp3) is 0.647. The molecule has 2 N–H and O–H groups in total. The van der Waals surface area contributed by atoms with Crippen LogP contribution in [0.3, 0.4) is 0 Å². The van der Waals surface area contributed by atoms with Gasteiger partial charge in [-0.1, -0.05) is 5.46 Å². The summed E-state index contributed by atoms with van der Waals surface area (Å²) in [6, 6.07) is 3.64. The third-order valence-electron chi connectivity index (χ3n) is 4.05. The van der Waals surface area contributed by atoms with Gasteiger partial charge in [-0.15, -0.1) is 11.8 Å². The highest BCUT2D eigenvalue weighted by Gasteiger charge is 2.32. The van der Waals surface area contributed by atoms with E-state index in [2.05, 4.69) is 18.7 Å². The van der Waals surface area contributed by atoms with Crippen molar-refractivity contribution in [3.63, 3.8) is 0 Å². The van der Waals surface area contributed by atoms with E-state index in [0.29, 0.717) is 11.5 Å². The molecule has 0 spiro atoms. The highest BCUT2D eigenvalue weighted by molar-refractivity contribution is 7.99. The van der Waals surface area contributed by atoms with Crippen LogP contribution < -0.4 is 10.4 Å². The maximum Gasteiger partial charge on any atom is 0.138 e. The Morgan fingerprint density at radius 2 is 1.70 bits per heavy atom. The lowest BCUT2D eigenvalue weighted by Gasteiger charge is -2.34. The Bertz CT molecular complexity index is 527. The Labute approximate surface area is 144 Å². The van der Waals surface area contributed by atoms with Crippen LogP contribution in [0.15, 0.2) is 17.0 Å². The van der Waals surface area contributed by atoms with Gasteiger partial charge in [0.15, 0.2) is 0 Å². The minimum absolute atomic E-state index is 0.194.